The second-order valence-electron chi connectivity index (χ2n) is 6.03. The standard InChI is InChI=1S/C20H14ClN3O3S2/c1-11(18(25)23-13-6-4-10-22-17(13)21)27-20(26)16-9-8-15(28-16)19-24-12-5-2-3-7-14(12)29-19/h2-11H,1H3,(H,23,25). The number of aromatic nitrogens is 2. The van der Waals surface area contributed by atoms with Gasteiger partial charge < -0.3 is 10.1 Å². The number of esters is 1. The molecule has 1 N–H and O–H groups in total. The SMILES string of the molecule is CC(OC(=O)c1ccc(-c2nc3ccccc3s2)s1)C(=O)Nc1cccnc1Cl. The van der Waals surface area contributed by atoms with Crippen molar-refractivity contribution in [3.8, 4) is 9.88 Å². The fourth-order valence-electron chi connectivity index (χ4n) is 2.53. The minimum Gasteiger partial charge on any atom is -0.448 e. The molecule has 9 heteroatoms. The first-order valence-corrected chi connectivity index (χ1v) is 10.6. The first-order valence-electron chi connectivity index (χ1n) is 8.59. The second-order valence-corrected chi connectivity index (χ2v) is 8.50. The van der Waals surface area contributed by atoms with E-state index in [2.05, 4.69) is 15.3 Å². The van der Waals surface area contributed by atoms with Crippen LogP contribution in [0.15, 0.2) is 54.7 Å². The number of rotatable bonds is 5. The zero-order chi connectivity index (χ0) is 20.4. The third kappa shape index (κ3) is 4.29. The molecule has 4 aromatic rings. The van der Waals surface area contributed by atoms with Crippen LogP contribution in [-0.4, -0.2) is 27.9 Å². The van der Waals surface area contributed by atoms with E-state index in [1.807, 2.05) is 30.3 Å². The number of halogens is 1. The zero-order valence-electron chi connectivity index (χ0n) is 15.1. The number of nitrogens with one attached hydrogen (secondary N) is 1. The van der Waals surface area contributed by atoms with Gasteiger partial charge in [-0.2, -0.15) is 0 Å². The lowest BCUT2D eigenvalue weighted by Crippen LogP contribution is -2.29. The van der Waals surface area contributed by atoms with E-state index < -0.39 is 18.0 Å². The van der Waals surface area contributed by atoms with Gasteiger partial charge in [-0.3, -0.25) is 4.79 Å². The molecule has 0 bridgehead atoms. The molecule has 29 heavy (non-hydrogen) atoms. The first-order chi connectivity index (χ1) is 14.0. The van der Waals surface area contributed by atoms with Crippen molar-refractivity contribution in [2.75, 3.05) is 5.32 Å². The summed E-state index contributed by atoms with van der Waals surface area (Å²) in [5, 5.41) is 3.60. The molecule has 1 unspecified atom stereocenters. The van der Waals surface area contributed by atoms with E-state index >= 15 is 0 Å². The highest BCUT2D eigenvalue weighted by atomic mass is 35.5. The summed E-state index contributed by atoms with van der Waals surface area (Å²) in [6.45, 7) is 1.50. The third-order valence-corrected chi connectivity index (χ3v) is 6.55. The lowest BCUT2D eigenvalue weighted by molar-refractivity contribution is -0.123. The zero-order valence-corrected chi connectivity index (χ0v) is 17.5. The molecular weight excluding hydrogens is 430 g/mol. The Hall–Kier alpha value is -2.81. The molecule has 0 aliphatic carbocycles. The predicted molar refractivity (Wildman–Crippen MR) is 116 cm³/mol. The Balaban J connectivity index is 1.43. The first kappa shape index (κ1) is 19.5. The maximum absolute atomic E-state index is 12.4. The van der Waals surface area contributed by atoms with Gasteiger partial charge in [-0.1, -0.05) is 23.7 Å². The normalized spacial score (nSPS) is 11.9. The summed E-state index contributed by atoms with van der Waals surface area (Å²) in [6, 6.07) is 14.6. The maximum Gasteiger partial charge on any atom is 0.349 e. The number of nitrogens with zero attached hydrogens (tertiary/aromatic N) is 2. The number of carbonyl (C=O) groups excluding carboxylic acids is 2. The van der Waals surface area contributed by atoms with Crippen molar-refractivity contribution in [2.45, 2.75) is 13.0 Å². The second kappa shape index (κ2) is 8.28. The van der Waals surface area contributed by atoms with Crippen LogP contribution in [0.5, 0.6) is 0 Å². The van der Waals surface area contributed by atoms with Gasteiger partial charge >= 0.3 is 5.97 Å². The van der Waals surface area contributed by atoms with Gasteiger partial charge in [0.2, 0.25) is 0 Å². The Morgan fingerprint density at radius 2 is 1.93 bits per heavy atom. The van der Waals surface area contributed by atoms with Crippen LogP contribution in [0.2, 0.25) is 5.15 Å². The lowest BCUT2D eigenvalue weighted by atomic mass is 10.3. The Labute approximate surface area is 179 Å². The minimum atomic E-state index is -0.994. The van der Waals surface area contributed by atoms with E-state index in [1.165, 1.54) is 24.5 Å². The lowest BCUT2D eigenvalue weighted by Gasteiger charge is -2.13. The molecule has 1 atom stereocenters. The monoisotopic (exact) mass is 443 g/mol. The van der Waals surface area contributed by atoms with Gasteiger partial charge in [0.25, 0.3) is 5.91 Å². The number of ether oxygens (including phenoxy) is 1. The molecule has 0 saturated heterocycles. The Kier molecular flexibility index (Phi) is 5.57. The number of anilines is 1. The Bertz CT molecular complexity index is 1170. The Morgan fingerprint density at radius 3 is 2.72 bits per heavy atom. The number of fused-ring (bicyclic) bond motifs is 1. The summed E-state index contributed by atoms with van der Waals surface area (Å²) < 4.78 is 6.38. The van der Waals surface area contributed by atoms with E-state index in [0.717, 1.165) is 20.1 Å². The molecule has 0 aliphatic heterocycles. The molecule has 0 spiro atoms. The number of hydrogen-bond donors (Lipinski definition) is 1. The number of thiophene rings is 1. The van der Waals surface area contributed by atoms with Crippen molar-refractivity contribution in [1.29, 1.82) is 0 Å². The highest BCUT2D eigenvalue weighted by Crippen LogP contribution is 2.34. The molecule has 3 heterocycles. The van der Waals surface area contributed by atoms with Crippen LogP contribution in [0.1, 0.15) is 16.6 Å². The molecule has 4 rings (SSSR count). The van der Waals surface area contributed by atoms with E-state index in [4.69, 9.17) is 16.3 Å². The molecule has 146 valence electrons. The van der Waals surface area contributed by atoms with Crippen molar-refractivity contribution in [1.82, 2.24) is 9.97 Å². The van der Waals surface area contributed by atoms with E-state index in [0.29, 0.717) is 10.6 Å². The van der Waals surface area contributed by atoms with Crippen LogP contribution in [0.4, 0.5) is 5.69 Å². The fourth-order valence-corrected chi connectivity index (χ4v) is 4.60. The van der Waals surface area contributed by atoms with Gasteiger partial charge in [-0.15, -0.1) is 22.7 Å². The van der Waals surface area contributed by atoms with Crippen molar-refractivity contribution < 1.29 is 14.3 Å². The number of benzene rings is 1. The van der Waals surface area contributed by atoms with Crippen LogP contribution >= 0.6 is 34.3 Å². The number of amides is 1. The fraction of sp³-hybridized carbons (Fsp3) is 0.100. The third-order valence-electron chi connectivity index (χ3n) is 3.98. The summed E-state index contributed by atoms with van der Waals surface area (Å²) in [5.41, 5.74) is 1.28. The number of carbonyl (C=O) groups is 2. The molecule has 0 radical (unpaired) electrons. The van der Waals surface area contributed by atoms with Crippen LogP contribution in [-0.2, 0) is 9.53 Å². The van der Waals surface area contributed by atoms with Gasteiger partial charge in [0, 0.05) is 6.20 Å². The molecule has 0 fully saturated rings. The largest absolute Gasteiger partial charge is 0.448 e. The minimum absolute atomic E-state index is 0.165. The topological polar surface area (TPSA) is 81.2 Å². The number of thiazole rings is 1. The molecule has 3 aromatic heterocycles. The van der Waals surface area contributed by atoms with Gasteiger partial charge in [0.15, 0.2) is 11.3 Å². The van der Waals surface area contributed by atoms with E-state index in [-0.39, 0.29) is 5.15 Å². The van der Waals surface area contributed by atoms with Crippen LogP contribution in [0.3, 0.4) is 0 Å². The quantitative estimate of drug-likeness (QED) is 0.336. The highest BCUT2D eigenvalue weighted by Gasteiger charge is 2.21. The van der Waals surface area contributed by atoms with Crippen LogP contribution in [0, 0.1) is 0 Å². The van der Waals surface area contributed by atoms with Crippen LogP contribution < -0.4 is 5.32 Å². The predicted octanol–water partition coefficient (Wildman–Crippen LogP) is 5.26. The van der Waals surface area contributed by atoms with Gasteiger partial charge in [-0.05, 0) is 43.3 Å². The average molecular weight is 444 g/mol. The summed E-state index contributed by atoms with van der Waals surface area (Å²) in [4.78, 5) is 34.5. The molecule has 6 nitrogen and oxygen atoms in total. The highest BCUT2D eigenvalue weighted by molar-refractivity contribution is 7.26. The summed E-state index contributed by atoms with van der Waals surface area (Å²) >= 11 is 8.77. The van der Waals surface area contributed by atoms with Crippen molar-refractivity contribution >= 4 is 62.1 Å². The number of hydrogen-bond acceptors (Lipinski definition) is 7. The smallest absolute Gasteiger partial charge is 0.349 e. The van der Waals surface area contributed by atoms with E-state index in [9.17, 15) is 9.59 Å². The Morgan fingerprint density at radius 1 is 1.10 bits per heavy atom. The van der Waals surface area contributed by atoms with Crippen LogP contribution in [0.25, 0.3) is 20.1 Å². The summed E-state index contributed by atoms with van der Waals surface area (Å²) in [7, 11) is 0. The van der Waals surface area contributed by atoms with Crippen molar-refractivity contribution in [3.05, 3.63) is 64.8 Å². The molecule has 1 amide bonds. The average Bonchev–Trinajstić information content (AvgIpc) is 3.36. The molecule has 0 saturated carbocycles. The molecule has 0 aliphatic rings. The summed E-state index contributed by atoms with van der Waals surface area (Å²) in [5.74, 6) is -1.06. The number of pyridine rings is 1. The number of para-hydroxylation sites is 1. The van der Waals surface area contributed by atoms with E-state index in [1.54, 1.807) is 29.5 Å². The molecular formula is C20H14ClN3O3S2. The van der Waals surface area contributed by atoms with Gasteiger partial charge in [-0.25, -0.2) is 14.8 Å². The van der Waals surface area contributed by atoms with Crippen molar-refractivity contribution in [3.63, 3.8) is 0 Å². The maximum atomic E-state index is 12.4. The van der Waals surface area contributed by atoms with Gasteiger partial charge in [0.05, 0.1) is 20.8 Å². The molecule has 1 aromatic carbocycles. The van der Waals surface area contributed by atoms with Gasteiger partial charge in [0.1, 0.15) is 9.88 Å². The van der Waals surface area contributed by atoms with Crippen molar-refractivity contribution in [2.24, 2.45) is 0 Å². The summed E-state index contributed by atoms with van der Waals surface area (Å²) in [6.07, 6.45) is 0.521.